The van der Waals surface area contributed by atoms with Crippen LogP contribution in [0.3, 0.4) is 0 Å². The summed E-state index contributed by atoms with van der Waals surface area (Å²) in [4.78, 5) is 0. The molecule has 0 spiro atoms. The van der Waals surface area contributed by atoms with Crippen LogP contribution in [0.5, 0.6) is 0 Å². The van der Waals surface area contributed by atoms with Gasteiger partial charge in [0.05, 0.1) is 27.9 Å². The lowest BCUT2D eigenvalue weighted by atomic mass is 9.47. The Kier molecular flexibility index (Phi) is 6.86. The predicted octanol–water partition coefficient (Wildman–Crippen LogP) is 9.89. The average molecular weight is 598 g/mol. The first-order chi connectivity index (χ1) is 19.2. The third-order valence-electron chi connectivity index (χ3n) is 11.8. The lowest BCUT2D eigenvalue weighted by Crippen LogP contribution is -2.51. The van der Waals surface area contributed by atoms with Crippen LogP contribution in [-0.2, 0) is 0 Å². The van der Waals surface area contributed by atoms with Crippen molar-refractivity contribution in [2.45, 2.75) is 83.8 Å². The van der Waals surface area contributed by atoms with E-state index < -0.39 is 0 Å². The van der Waals surface area contributed by atoms with Crippen LogP contribution >= 0.6 is 34.8 Å². The second-order valence-electron chi connectivity index (χ2n) is 13.6. The molecular formula is C34H39Cl3N2O. The van der Waals surface area contributed by atoms with Gasteiger partial charge in [0.25, 0.3) is 0 Å². The first-order valence-corrected chi connectivity index (χ1v) is 16.3. The fraction of sp³-hybridized carbons (Fsp3) is 0.559. The minimum absolute atomic E-state index is 0.0812. The van der Waals surface area contributed by atoms with Gasteiger partial charge in [-0.3, -0.25) is 5.01 Å². The molecule has 1 N–H and O–H groups in total. The van der Waals surface area contributed by atoms with Crippen molar-refractivity contribution in [1.82, 2.24) is 0 Å². The number of benzene rings is 2. The molecule has 8 atom stereocenters. The predicted molar refractivity (Wildman–Crippen MR) is 166 cm³/mol. The zero-order chi connectivity index (χ0) is 27.8. The maximum Gasteiger partial charge on any atom is 0.0828 e. The first kappa shape index (κ1) is 27.3. The van der Waals surface area contributed by atoms with Crippen LogP contribution in [0.1, 0.15) is 83.2 Å². The van der Waals surface area contributed by atoms with E-state index in [-0.39, 0.29) is 23.0 Å². The van der Waals surface area contributed by atoms with Gasteiger partial charge < -0.3 is 5.11 Å². The molecule has 212 valence electrons. The van der Waals surface area contributed by atoms with Gasteiger partial charge in [-0.2, -0.15) is 5.10 Å². The number of rotatable bonds is 3. The Morgan fingerprint density at radius 2 is 1.68 bits per heavy atom. The van der Waals surface area contributed by atoms with Crippen LogP contribution in [0.2, 0.25) is 15.1 Å². The molecule has 0 amide bonds. The molecule has 2 aromatic rings. The highest BCUT2D eigenvalue weighted by Gasteiger charge is 2.59. The largest absolute Gasteiger partial charge is 0.393 e. The molecule has 6 heteroatoms. The molecule has 4 aliphatic carbocycles. The number of hydrogen-bond acceptors (Lipinski definition) is 3. The van der Waals surface area contributed by atoms with E-state index >= 15 is 0 Å². The molecule has 3 fully saturated rings. The van der Waals surface area contributed by atoms with Crippen molar-refractivity contribution in [3.63, 3.8) is 0 Å². The van der Waals surface area contributed by atoms with E-state index in [1.165, 1.54) is 37.8 Å². The summed E-state index contributed by atoms with van der Waals surface area (Å²) in [6, 6.07) is 14.1. The molecule has 1 unspecified atom stereocenters. The second kappa shape index (κ2) is 10.0. The molecule has 2 aromatic carbocycles. The summed E-state index contributed by atoms with van der Waals surface area (Å²) in [5.41, 5.74) is 5.63. The highest BCUT2D eigenvalue weighted by atomic mass is 35.5. The number of hydrazone groups is 1. The van der Waals surface area contributed by atoms with Gasteiger partial charge in [-0.05, 0) is 122 Å². The van der Waals surface area contributed by atoms with Crippen LogP contribution in [0.15, 0.2) is 59.2 Å². The van der Waals surface area contributed by atoms with E-state index in [1.54, 1.807) is 5.57 Å². The molecule has 1 aliphatic heterocycles. The van der Waals surface area contributed by atoms with Gasteiger partial charge in [-0.15, -0.1) is 0 Å². The number of fused-ring (bicyclic) bond motifs is 5. The molecule has 0 radical (unpaired) electrons. The fourth-order valence-electron chi connectivity index (χ4n) is 9.74. The van der Waals surface area contributed by atoms with Crippen LogP contribution in [0.4, 0.5) is 5.69 Å². The topological polar surface area (TPSA) is 35.8 Å². The molecule has 3 nitrogen and oxygen atoms in total. The number of anilines is 1. The molecule has 7 rings (SSSR count). The summed E-state index contributed by atoms with van der Waals surface area (Å²) in [5, 5.41) is 19.9. The molecule has 0 bridgehead atoms. The Balaban J connectivity index is 1.20. The molecule has 40 heavy (non-hydrogen) atoms. The quantitative estimate of drug-likeness (QED) is 0.357. The zero-order valence-corrected chi connectivity index (χ0v) is 25.7. The van der Waals surface area contributed by atoms with Gasteiger partial charge in [-0.25, -0.2) is 0 Å². The van der Waals surface area contributed by atoms with Crippen molar-refractivity contribution in [2.24, 2.45) is 39.6 Å². The number of allylic oxidation sites excluding steroid dienone is 1. The van der Waals surface area contributed by atoms with Gasteiger partial charge in [0.1, 0.15) is 0 Å². The van der Waals surface area contributed by atoms with E-state index in [1.807, 2.05) is 24.3 Å². The van der Waals surface area contributed by atoms with Crippen LogP contribution < -0.4 is 5.01 Å². The van der Waals surface area contributed by atoms with Crippen LogP contribution in [0, 0.1) is 34.5 Å². The SMILES string of the molecule is C[C@]12CC[C@H]3[C@@H](CC=C4C[C@@H](O)CC[C@@]43C)[C@@H]1CC[C@@H]2C1=NN(c2ccc(Cl)cc2)C(c2ccc(Cl)c(Cl)c2)C1. The van der Waals surface area contributed by atoms with E-state index in [9.17, 15) is 5.11 Å². The summed E-state index contributed by atoms with van der Waals surface area (Å²) >= 11 is 19.0. The Hall–Kier alpha value is -1.52. The Morgan fingerprint density at radius 1 is 0.875 bits per heavy atom. The molecule has 1 heterocycles. The van der Waals surface area contributed by atoms with Gasteiger partial charge in [0, 0.05) is 23.1 Å². The summed E-state index contributed by atoms with van der Waals surface area (Å²) in [6.07, 6.45) is 12.5. The minimum Gasteiger partial charge on any atom is -0.393 e. The number of aliphatic hydroxyl groups is 1. The lowest BCUT2D eigenvalue weighted by molar-refractivity contribution is -0.0424. The number of nitrogens with zero attached hydrogens (tertiary/aromatic N) is 2. The van der Waals surface area contributed by atoms with E-state index in [0.717, 1.165) is 59.7 Å². The van der Waals surface area contributed by atoms with Crippen LogP contribution in [0.25, 0.3) is 0 Å². The van der Waals surface area contributed by atoms with Gasteiger partial charge in [0.2, 0.25) is 0 Å². The number of halogens is 3. The molecule has 3 saturated carbocycles. The highest BCUT2D eigenvalue weighted by molar-refractivity contribution is 6.42. The van der Waals surface area contributed by atoms with Crippen molar-refractivity contribution in [3.8, 4) is 0 Å². The standard InChI is InChI=1S/C34H39Cl3N2O/c1-33-15-13-24(40)18-21(33)4-9-25-26-10-11-28(34(26,2)16-14-27(25)33)31-19-32(20-3-12-29(36)30(37)17-20)39(38-31)23-7-5-22(35)6-8-23/h3-8,12,17,24-28,32,40H,9-11,13-16,18-19H2,1-2H3/t24-,25-,26-,27-,28+,32?,33-,34-/m0/s1. The zero-order valence-electron chi connectivity index (χ0n) is 23.4. The Labute approximate surface area is 253 Å². The van der Waals surface area contributed by atoms with E-state index in [0.29, 0.717) is 16.0 Å². The maximum atomic E-state index is 10.4. The van der Waals surface area contributed by atoms with Crippen LogP contribution in [-0.4, -0.2) is 16.9 Å². The highest BCUT2D eigenvalue weighted by Crippen LogP contribution is 2.67. The number of hydrogen-bond donors (Lipinski definition) is 1. The van der Waals surface area contributed by atoms with E-state index in [2.05, 4.69) is 43.1 Å². The normalized spacial score (nSPS) is 38.8. The summed E-state index contributed by atoms with van der Waals surface area (Å²) in [5.74, 6) is 2.71. The van der Waals surface area contributed by atoms with Gasteiger partial charge in [0.15, 0.2) is 0 Å². The first-order valence-electron chi connectivity index (χ1n) is 15.1. The third kappa shape index (κ3) is 4.29. The van der Waals surface area contributed by atoms with E-state index in [4.69, 9.17) is 39.9 Å². The third-order valence-corrected chi connectivity index (χ3v) is 12.8. The minimum atomic E-state index is -0.145. The smallest absolute Gasteiger partial charge is 0.0828 e. The van der Waals surface area contributed by atoms with Crippen molar-refractivity contribution in [2.75, 3.05) is 5.01 Å². The monoisotopic (exact) mass is 596 g/mol. The summed E-state index contributed by atoms with van der Waals surface area (Å²) in [7, 11) is 0. The molecule has 0 saturated heterocycles. The lowest BCUT2D eigenvalue weighted by Gasteiger charge is -2.58. The van der Waals surface area contributed by atoms with Gasteiger partial charge >= 0.3 is 0 Å². The number of aliphatic hydroxyl groups excluding tert-OH is 1. The fourth-order valence-corrected chi connectivity index (χ4v) is 10.2. The maximum absolute atomic E-state index is 10.4. The van der Waals surface area contributed by atoms with Crippen molar-refractivity contribution in [3.05, 3.63) is 74.7 Å². The van der Waals surface area contributed by atoms with Crippen molar-refractivity contribution < 1.29 is 5.11 Å². The summed E-state index contributed by atoms with van der Waals surface area (Å²) < 4.78 is 0. The molecule has 0 aromatic heterocycles. The molecule has 5 aliphatic rings. The van der Waals surface area contributed by atoms with Crippen molar-refractivity contribution in [1.29, 1.82) is 0 Å². The van der Waals surface area contributed by atoms with Crippen molar-refractivity contribution >= 4 is 46.2 Å². The molecular weight excluding hydrogens is 559 g/mol. The Bertz CT molecular complexity index is 1370. The second-order valence-corrected chi connectivity index (χ2v) is 14.9. The Morgan fingerprint density at radius 3 is 2.45 bits per heavy atom. The average Bonchev–Trinajstić information content (AvgIpc) is 3.52. The summed E-state index contributed by atoms with van der Waals surface area (Å²) in [6.45, 7) is 5.10. The van der Waals surface area contributed by atoms with Gasteiger partial charge in [-0.1, -0.05) is 66.4 Å².